The number of allylic oxidation sites excluding steroid dienone is 2. The van der Waals surface area contributed by atoms with Crippen LogP contribution in [0.1, 0.15) is 30.0 Å². The highest BCUT2D eigenvalue weighted by Gasteiger charge is 2.26. The molecular formula is C23H20FN3O2S. The largest absolute Gasteiger partial charge is 0.331 e. The van der Waals surface area contributed by atoms with Gasteiger partial charge in [-0.1, -0.05) is 18.2 Å². The van der Waals surface area contributed by atoms with Crippen LogP contribution in [0.15, 0.2) is 65.3 Å². The molecule has 1 aromatic heterocycles. The van der Waals surface area contributed by atoms with Crippen LogP contribution >= 0.6 is 0 Å². The quantitative estimate of drug-likeness (QED) is 0.630. The summed E-state index contributed by atoms with van der Waals surface area (Å²) in [5, 5.41) is 2.71. The molecule has 5 nitrogen and oxygen atoms in total. The summed E-state index contributed by atoms with van der Waals surface area (Å²) in [6.07, 6.45) is 6.93. The second-order valence-electron chi connectivity index (χ2n) is 7.04. The van der Waals surface area contributed by atoms with Gasteiger partial charge in [-0.05, 0) is 70.7 Å². The molecule has 0 fully saturated rings. The van der Waals surface area contributed by atoms with E-state index in [4.69, 9.17) is 0 Å². The first kappa shape index (κ1) is 20.0. The highest BCUT2D eigenvalue weighted by atomic mass is 32.2. The van der Waals surface area contributed by atoms with E-state index >= 15 is 0 Å². The number of halogens is 1. The molecule has 2 N–H and O–H groups in total. The fourth-order valence-electron chi connectivity index (χ4n) is 3.57. The fourth-order valence-corrected chi connectivity index (χ4v) is 4.09. The van der Waals surface area contributed by atoms with Gasteiger partial charge in [-0.2, -0.15) is 0 Å². The third-order valence-corrected chi connectivity index (χ3v) is 6.01. The number of benzene rings is 2. The Kier molecular flexibility index (Phi) is 5.46. The van der Waals surface area contributed by atoms with Crippen LogP contribution < -0.4 is 5.32 Å². The van der Waals surface area contributed by atoms with Crippen molar-refractivity contribution in [2.45, 2.75) is 18.2 Å². The lowest BCUT2D eigenvalue weighted by molar-refractivity contribution is -0.115. The zero-order valence-electron chi connectivity index (χ0n) is 16.5. The molecule has 0 bridgehead atoms. The summed E-state index contributed by atoms with van der Waals surface area (Å²) >= 11 is 0. The molecule has 3 aromatic rings. The van der Waals surface area contributed by atoms with Gasteiger partial charge in [0, 0.05) is 34.3 Å². The number of hydrogen-bond donors (Lipinski definition) is 2. The summed E-state index contributed by atoms with van der Waals surface area (Å²) in [6, 6.07) is 12.1. The van der Waals surface area contributed by atoms with Crippen LogP contribution in [-0.2, 0) is 15.6 Å². The summed E-state index contributed by atoms with van der Waals surface area (Å²) in [5.74, 6) is -0.202. The van der Waals surface area contributed by atoms with E-state index in [0.717, 1.165) is 38.3 Å². The van der Waals surface area contributed by atoms with Crippen LogP contribution in [0.5, 0.6) is 0 Å². The molecular weight excluding hydrogens is 401 g/mol. The number of nitrogens with one attached hydrogen (secondary N) is 2. The van der Waals surface area contributed by atoms with Crippen LogP contribution in [0.2, 0.25) is 0 Å². The highest BCUT2D eigenvalue weighted by Crippen LogP contribution is 2.43. The Morgan fingerprint density at radius 1 is 1.20 bits per heavy atom. The molecule has 1 atom stereocenters. The lowest BCUT2D eigenvalue weighted by atomic mass is 10.0. The molecule has 1 heterocycles. The molecule has 0 aliphatic heterocycles. The Labute approximate surface area is 176 Å². The van der Waals surface area contributed by atoms with Crippen molar-refractivity contribution < 1.29 is 13.4 Å². The molecule has 1 unspecified atom stereocenters. The van der Waals surface area contributed by atoms with Crippen molar-refractivity contribution in [3.63, 3.8) is 0 Å². The number of fused-ring (bicyclic) bond motifs is 1. The number of carbonyl (C=O) groups excluding carboxylic acids is 1. The van der Waals surface area contributed by atoms with Crippen LogP contribution in [0.4, 0.5) is 10.3 Å². The molecule has 1 amide bonds. The van der Waals surface area contributed by atoms with E-state index in [0.29, 0.717) is 5.95 Å². The molecule has 0 spiro atoms. The molecule has 30 heavy (non-hydrogen) atoms. The lowest BCUT2D eigenvalue weighted by Crippen LogP contribution is -2.13. The summed E-state index contributed by atoms with van der Waals surface area (Å²) < 4.78 is 25.6. The second-order valence-corrected chi connectivity index (χ2v) is 8.42. The third kappa shape index (κ3) is 4.02. The first-order chi connectivity index (χ1) is 14.4. The predicted molar refractivity (Wildman–Crippen MR) is 117 cm³/mol. The summed E-state index contributed by atoms with van der Waals surface area (Å²) in [7, 11) is -1.04. The van der Waals surface area contributed by atoms with E-state index < -0.39 is 10.8 Å². The Hall–Kier alpha value is -3.32. The fraction of sp³-hybridized carbons (Fsp3) is 0.130. The van der Waals surface area contributed by atoms with Crippen molar-refractivity contribution in [1.29, 1.82) is 0 Å². The molecule has 1 aliphatic rings. The van der Waals surface area contributed by atoms with Crippen LogP contribution in [0.25, 0.3) is 17.2 Å². The van der Waals surface area contributed by atoms with Crippen molar-refractivity contribution in [2.24, 2.45) is 0 Å². The zero-order chi connectivity index (χ0) is 21.3. The number of H-pyrrole nitrogens is 1. The Bertz CT molecular complexity index is 1200. The smallest absolute Gasteiger partial charge is 0.231 e. The van der Waals surface area contributed by atoms with Gasteiger partial charge in [0.2, 0.25) is 11.9 Å². The first-order valence-electron chi connectivity index (χ1n) is 9.37. The zero-order valence-corrected chi connectivity index (χ0v) is 17.3. The van der Waals surface area contributed by atoms with E-state index in [9.17, 15) is 13.4 Å². The van der Waals surface area contributed by atoms with Gasteiger partial charge in [-0.3, -0.25) is 14.3 Å². The molecule has 2 aromatic carbocycles. The first-order valence-corrected chi connectivity index (χ1v) is 10.9. The van der Waals surface area contributed by atoms with Crippen molar-refractivity contribution in [3.8, 4) is 0 Å². The van der Waals surface area contributed by atoms with E-state index in [1.165, 1.54) is 12.1 Å². The predicted octanol–water partition coefficient (Wildman–Crippen LogP) is 4.64. The van der Waals surface area contributed by atoms with E-state index in [1.54, 1.807) is 24.7 Å². The third-order valence-electron chi connectivity index (χ3n) is 5.07. The second kappa shape index (κ2) is 8.20. The number of hydrogen-bond acceptors (Lipinski definition) is 3. The van der Waals surface area contributed by atoms with Gasteiger partial charge in [0.25, 0.3) is 0 Å². The van der Waals surface area contributed by atoms with E-state index in [2.05, 4.69) is 15.3 Å². The molecule has 4 rings (SSSR count). The van der Waals surface area contributed by atoms with Gasteiger partial charge in [0.1, 0.15) is 5.82 Å². The summed E-state index contributed by atoms with van der Waals surface area (Å²) in [5.41, 5.74) is 5.20. The molecule has 7 heteroatoms. The van der Waals surface area contributed by atoms with Crippen molar-refractivity contribution in [2.75, 3.05) is 11.6 Å². The van der Waals surface area contributed by atoms with Gasteiger partial charge in [0.15, 0.2) is 0 Å². The average molecular weight is 421 g/mol. The van der Waals surface area contributed by atoms with Gasteiger partial charge in [0.05, 0.1) is 6.42 Å². The molecule has 0 saturated heterocycles. The van der Waals surface area contributed by atoms with Crippen LogP contribution in [0.3, 0.4) is 0 Å². The maximum absolute atomic E-state index is 14.0. The number of anilines is 1. The number of nitrogens with zero attached hydrogens (tertiary/aromatic N) is 1. The van der Waals surface area contributed by atoms with E-state index in [1.807, 2.05) is 37.3 Å². The topological polar surface area (TPSA) is 74.8 Å². The minimum atomic E-state index is -1.04. The Morgan fingerprint density at radius 3 is 2.63 bits per heavy atom. The maximum atomic E-state index is 14.0. The van der Waals surface area contributed by atoms with Gasteiger partial charge >= 0.3 is 0 Å². The number of carbonyl (C=O) groups is 1. The van der Waals surface area contributed by atoms with Crippen molar-refractivity contribution in [1.82, 2.24) is 9.97 Å². The summed E-state index contributed by atoms with van der Waals surface area (Å²) in [6.45, 7) is 1.94. The van der Waals surface area contributed by atoms with Gasteiger partial charge in [-0.15, -0.1) is 0 Å². The SMILES string of the molecule is CC1=C(CC(=O)Nc2ncc[nH]2)c2cc(F)ccc2C1=Cc1ccc(S(C)=O)cc1. The number of amides is 1. The minimum Gasteiger partial charge on any atom is -0.331 e. The van der Waals surface area contributed by atoms with Crippen molar-refractivity contribution in [3.05, 3.63) is 82.9 Å². The molecule has 0 radical (unpaired) electrons. The average Bonchev–Trinajstić information content (AvgIpc) is 3.31. The Morgan fingerprint density at radius 2 is 1.97 bits per heavy atom. The molecule has 0 saturated carbocycles. The number of aromatic amines is 1. The lowest BCUT2D eigenvalue weighted by Gasteiger charge is -2.06. The normalized spacial score (nSPS) is 15.4. The minimum absolute atomic E-state index is 0.105. The van der Waals surface area contributed by atoms with Gasteiger partial charge < -0.3 is 4.98 Å². The number of imidazole rings is 1. The number of aromatic nitrogens is 2. The number of rotatable bonds is 5. The highest BCUT2D eigenvalue weighted by molar-refractivity contribution is 7.84. The maximum Gasteiger partial charge on any atom is 0.231 e. The molecule has 1 aliphatic carbocycles. The van der Waals surface area contributed by atoms with Crippen LogP contribution in [-0.4, -0.2) is 26.3 Å². The van der Waals surface area contributed by atoms with Crippen molar-refractivity contribution >= 4 is 39.9 Å². The van der Waals surface area contributed by atoms with Crippen LogP contribution in [0, 0.1) is 5.82 Å². The Balaban J connectivity index is 1.70. The summed E-state index contributed by atoms with van der Waals surface area (Å²) in [4.78, 5) is 20.1. The molecule has 152 valence electrons. The standard InChI is InChI=1S/C23H20FN3O2S/c1-14-19(11-15-3-6-17(7-4-15)30(2)29)18-8-5-16(24)12-21(18)20(14)13-22(28)27-23-25-9-10-26-23/h3-12H,13H2,1-2H3,(H2,25,26,27,28). The van der Waals surface area contributed by atoms with Gasteiger partial charge in [-0.25, -0.2) is 9.37 Å². The monoisotopic (exact) mass is 421 g/mol. The van der Waals surface area contributed by atoms with E-state index in [-0.39, 0.29) is 18.1 Å².